The van der Waals surface area contributed by atoms with Crippen molar-refractivity contribution in [3.63, 3.8) is 0 Å². The van der Waals surface area contributed by atoms with Crippen LogP contribution in [0.4, 0.5) is 0 Å². The Bertz CT molecular complexity index is 1490. The monoisotopic (exact) mass is 788 g/mol. The number of amides is 2. The number of benzene rings is 2. The Morgan fingerprint density at radius 1 is 0.481 bits per heavy atom. The minimum absolute atomic E-state index is 0.0129. The van der Waals surface area contributed by atoms with E-state index in [0.29, 0.717) is 11.1 Å². The molecule has 2 rings (SSSR count). The molecule has 2 amide bonds. The topological polar surface area (TPSA) is 163 Å². The van der Waals surface area contributed by atoms with Gasteiger partial charge >= 0.3 is 23.9 Å². The van der Waals surface area contributed by atoms with E-state index in [0.717, 1.165) is 9.79 Å². The van der Waals surface area contributed by atoms with Gasteiger partial charge in [-0.25, -0.2) is 9.59 Å². The lowest BCUT2D eigenvalue weighted by Gasteiger charge is -2.25. The highest BCUT2D eigenvalue weighted by Crippen LogP contribution is 2.37. The number of carbonyl (C=O) groups excluding carboxylic acids is 6. The summed E-state index contributed by atoms with van der Waals surface area (Å²) in [6.07, 6.45) is -0.136. The predicted octanol–water partition coefficient (Wildman–Crippen LogP) is 7.61. The maximum Gasteiger partial charge on any atom is 0.329 e. The molecular formula is C40H56N2O10S2. The van der Waals surface area contributed by atoms with Crippen molar-refractivity contribution >= 4 is 57.3 Å². The van der Waals surface area contributed by atoms with Crippen LogP contribution in [0.5, 0.6) is 0 Å². The van der Waals surface area contributed by atoms with Crippen molar-refractivity contribution in [1.29, 1.82) is 0 Å². The molecule has 2 aromatic carbocycles. The standard InChI is InChI=1S/C40H56N2O10S2/c1-37(2,3)49-31(43)23-21-29(35(47)51-39(7,8)9)41-33(45)25-13-17-27(18-14-25)53-54-28-19-15-26(16-20-28)34(46)42-30(36(48)52-40(10,11)12)22-24-32(44)50-38(4,5)6/h13-20,29-30H,21-24H2,1-12H3,(H,41,45)(H,42,46)/t29-,30-/m0/s1. The normalized spacial score (nSPS) is 13.2. The second kappa shape index (κ2) is 19.5. The van der Waals surface area contributed by atoms with Crippen LogP contribution >= 0.6 is 21.6 Å². The van der Waals surface area contributed by atoms with E-state index in [4.69, 9.17) is 18.9 Å². The van der Waals surface area contributed by atoms with E-state index in [1.807, 2.05) is 0 Å². The first-order valence-electron chi connectivity index (χ1n) is 17.8. The zero-order chi connectivity index (χ0) is 41.1. The van der Waals surface area contributed by atoms with Crippen LogP contribution in [0.3, 0.4) is 0 Å². The minimum atomic E-state index is -1.06. The number of nitrogens with one attached hydrogen (secondary N) is 2. The summed E-state index contributed by atoms with van der Waals surface area (Å²) < 4.78 is 21.7. The average Bonchev–Trinajstić information content (AvgIpc) is 3.00. The zero-order valence-corrected chi connectivity index (χ0v) is 35.1. The van der Waals surface area contributed by atoms with E-state index in [1.54, 1.807) is 132 Å². The lowest BCUT2D eigenvalue weighted by Crippen LogP contribution is -2.44. The summed E-state index contributed by atoms with van der Waals surface area (Å²) in [5.41, 5.74) is -2.29. The van der Waals surface area contributed by atoms with E-state index in [1.165, 1.54) is 21.6 Å². The molecule has 0 fully saturated rings. The molecule has 2 aromatic rings. The van der Waals surface area contributed by atoms with Gasteiger partial charge in [0.2, 0.25) is 0 Å². The molecule has 0 aliphatic heterocycles. The van der Waals surface area contributed by atoms with Crippen molar-refractivity contribution in [2.45, 2.75) is 153 Å². The molecule has 2 N–H and O–H groups in total. The summed E-state index contributed by atoms with van der Waals surface area (Å²) in [6, 6.07) is 11.5. The molecule has 0 saturated carbocycles. The lowest BCUT2D eigenvalue weighted by atomic mass is 10.1. The Labute approximate surface area is 327 Å². The minimum Gasteiger partial charge on any atom is -0.460 e. The van der Waals surface area contributed by atoms with Crippen molar-refractivity contribution in [3.8, 4) is 0 Å². The number of carbonyl (C=O) groups is 6. The summed E-state index contributed by atoms with van der Waals surface area (Å²) in [4.78, 5) is 78.4. The molecular weight excluding hydrogens is 733 g/mol. The number of ether oxygens (including phenoxy) is 4. The van der Waals surface area contributed by atoms with Gasteiger partial charge in [0.25, 0.3) is 11.8 Å². The van der Waals surface area contributed by atoms with E-state index in [2.05, 4.69) is 10.6 Å². The SMILES string of the molecule is CC(C)(C)OC(=O)CC[C@H](NC(=O)c1ccc(SSc2ccc(C(=O)N[C@@H](CCC(=O)OC(C)(C)C)C(=O)OC(C)(C)C)cc2)cc1)C(=O)OC(C)(C)C. The largest absolute Gasteiger partial charge is 0.460 e. The number of hydrogen-bond donors (Lipinski definition) is 2. The Morgan fingerprint density at radius 2 is 0.759 bits per heavy atom. The smallest absolute Gasteiger partial charge is 0.329 e. The zero-order valence-electron chi connectivity index (χ0n) is 33.5. The third-order valence-electron chi connectivity index (χ3n) is 6.57. The summed E-state index contributed by atoms with van der Waals surface area (Å²) in [6.45, 7) is 20.8. The fourth-order valence-electron chi connectivity index (χ4n) is 4.46. The molecule has 54 heavy (non-hydrogen) atoms. The van der Waals surface area contributed by atoms with E-state index < -0.39 is 70.2 Å². The Morgan fingerprint density at radius 3 is 1.02 bits per heavy atom. The molecule has 2 atom stereocenters. The van der Waals surface area contributed by atoms with Gasteiger partial charge in [-0.1, -0.05) is 21.6 Å². The van der Waals surface area contributed by atoms with Crippen molar-refractivity contribution in [3.05, 3.63) is 59.7 Å². The first kappa shape index (κ1) is 46.1. The molecule has 12 nitrogen and oxygen atoms in total. The third kappa shape index (κ3) is 18.8. The second-order valence-electron chi connectivity index (χ2n) is 16.6. The first-order valence-corrected chi connectivity index (χ1v) is 19.9. The maximum atomic E-state index is 13.1. The van der Waals surface area contributed by atoms with Gasteiger partial charge in [-0.3, -0.25) is 19.2 Å². The summed E-state index contributed by atoms with van der Waals surface area (Å²) in [7, 11) is 2.87. The molecule has 14 heteroatoms. The fraction of sp³-hybridized carbons (Fsp3) is 0.550. The van der Waals surface area contributed by atoms with Crippen molar-refractivity contribution in [2.24, 2.45) is 0 Å². The molecule has 0 saturated heterocycles. The third-order valence-corrected chi connectivity index (χ3v) is 8.99. The summed E-state index contributed by atoms with van der Waals surface area (Å²) in [5.74, 6) is -3.25. The van der Waals surface area contributed by atoms with Crippen LogP contribution in [0.1, 0.15) is 129 Å². The summed E-state index contributed by atoms with van der Waals surface area (Å²) >= 11 is 0. The van der Waals surface area contributed by atoms with Gasteiger partial charge < -0.3 is 29.6 Å². The van der Waals surface area contributed by atoms with Crippen molar-refractivity contribution < 1.29 is 47.7 Å². The van der Waals surface area contributed by atoms with Crippen LogP contribution in [0.15, 0.2) is 58.3 Å². The molecule has 0 radical (unpaired) electrons. The molecule has 0 spiro atoms. The van der Waals surface area contributed by atoms with Gasteiger partial charge in [-0.05, 0) is 144 Å². The molecule has 298 valence electrons. The highest BCUT2D eigenvalue weighted by Gasteiger charge is 2.30. The van der Waals surface area contributed by atoms with E-state index in [9.17, 15) is 28.8 Å². The van der Waals surface area contributed by atoms with Gasteiger partial charge in [0.05, 0.1) is 0 Å². The van der Waals surface area contributed by atoms with Gasteiger partial charge in [-0.2, -0.15) is 0 Å². The molecule has 0 aromatic heterocycles. The van der Waals surface area contributed by atoms with Crippen molar-refractivity contribution in [1.82, 2.24) is 10.6 Å². The first-order chi connectivity index (χ1) is 24.7. The van der Waals surface area contributed by atoms with Gasteiger partial charge in [0.15, 0.2) is 0 Å². The molecule has 0 bridgehead atoms. The van der Waals surface area contributed by atoms with Crippen LogP contribution in [0, 0.1) is 0 Å². The Balaban J connectivity index is 2.03. The Kier molecular flexibility index (Phi) is 16.7. The number of hydrogen-bond acceptors (Lipinski definition) is 12. The quantitative estimate of drug-likeness (QED) is 0.103. The molecule has 0 aliphatic rings. The highest BCUT2D eigenvalue weighted by atomic mass is 33.1. The predicted molar refractivity (Wildman–Crippen MR) is 209 cm³/mol. The lowest BCUT2D eigenvalue weighted by molar-refractivity contribution is -0.160. The Hall–Kier alpha value is -4.04. The van der Waals surface area contributed by atoms with Crippen LogP contribution in [0.2, 0.25) is 0 Å². The van der Waals surface area contributed by atoms with Crippen LogP contribution in [-0.2, 0) is 38.1 Å². The van der Waals surface area contributed by atoms with Gasteiger partial charge in [0.1, 0.15) is 34.5 Å². The van der Waals surface area contributed by atoms with E-state index >= 15 is 0 Å². The fourth-order valence-corrected chi connectivity index (χ4v) is 6.39. The number of esters is 4. The van der Waals surface area contributed by atoms with Gasteiger partial charge in [-0.15, -0.1) is 0 Å². The van der Waals surface area contributed by atoms with Crippen LogP contribution < -0.4 is 10.6 Å². The molecule has 0 heterocycles. The van der Waals surface area contributed by atoms with Crippen LogP contribution in [0.25, 0.3) is 0 Å². The maximum absolute atomic E-state index is 13.1. The van der Waals surface area contributed by atoms with Crippen molar-refractivity contribution in [2.75, 3.05) is 0 Å². The van der Waals surface area contributed by atoms with Gasteiger partial charge in [0, 0.05) is 33.8 Å². The number of rotatable bonds is 15. The van der Waals surface area contributed by atoms with E-state index in [-0.39, 0.29) is 25.7 Å². The average molecular weight is 789 g/mol. The summed E-state index contributed by atoms with van der Waals surface area (Å²) in [5, 5.41) is 5.40. The molecule has 0 unspecified atom stereocenters. The molecule has 0 aliphatic carbocycles. The van der Waals surface area contributed by atoms with Crippen LogP contribution in [-0.4, -0.2) is 70.2 Å². The highest BCUT2D eigenvalue weighted by molar-refractivity contribution is 8.76. The second-order valence-corrected chi connectivity index (χ2v) is 18.9.